The fourth-order valence-corrected chi connectivity index (χ4v) is 2.04. The molecule has 1 heterocycles. The van der Waals surface area contributed by atoms with Crippen molar-refractivity contribution in [1.82, 2.24) is 5.32 Å². The largest absolute Gasteiger partial charge is 0.486 e. The molecule has 0 atom stereocenters. The molecule has 1 aromatic carbocycles. The molecule has 3 N–H and O–H groups in total. The highest BCUT2D eigenvalue weighted by molar-refractivity contribution is 5.73. The lowest BCUT2D eigenvalue weighted by Crippen LogP contribution is -2.23. The van der Waals surface area contributed by atoms with Gasteiger partial charge in [-0.05, 0) is 20.0 Å². The van der Waals surface area contributed by atoms with Crippen LogP contribution in [0.3, 0.4) is 0 Å². The summed E-state index contributed by atoms with van der Waals surface area (Å²) in [6.45, 7) is 3.13. The van der Waals surface area contributed by atoms with Crippen LogP contribution in [-0.4, -0.2) is 40.4 Å². The highest BCUT2D eigenvalue weighted by Crippen LogP contribution is 2.38. The van der Waals surface area contributed by atoms with E-state index in [2.05, 4.69) is 10.2 Å². The summed E-state index contributed by atoms with van der Waals surface area (Å²) < 4.78 is 11.1. The summed E-state index contributed by atoms with van der Waals surface area (Å²) in [6, 6.07) is 3.81. The van der Waals surface area contributed by atoms with Gasteiger partial charge in [0.25, 0.3) is 0 Å². The van der Waals surface area contributed by atoms with Crippen LogP contribution in [0, 0.1) is 0 Å². The number of nitrogens with two attached hydrogens (primary N) is 1. The van der Waals surface area contributed by atoms with E-state index in [9.17, 15) is 0 Å². The highest BCUT2D eigenvalue weighted by atomic mass is 16.6. The van der Waals surface area contributed by atoms with Gasteiger partial charge in [0.05, 0.1) is 11.4 Å². The van der Waals surface area contributed by atoms with Gasteiger partial charge in [-0.25, -0.2) is 0 Å². The van der Waals surface area contributed by atoms with Crippen molar-refractivity contribution in [1.29, 1.82) is 0 Å². The van der Waals surface area contributed by atoms with Crippen molar-refractivity contribution < 1.29 is 9.47 Å². The van der Waals surface area contributed by atoms with Crippen molar-refractivity contribution in [3.05, 3.63) is 12.1 Å². The van der Waals surface area contributed by atoms with Crippen LogP contribution < -0.4 is 25.4 Å². The number of nitrogen functional groups attached to an aromatic ring is 1. The zero-order valence-corrected chi connectivity index (χ0v) is 11.0. The molecule has 2 rings (SSSR count). The number of nitrogens with one attached hydrogen (secondary N) is 1. The number of ether oxygens (including phenoxy) is 2. The molecule has 0 radical (unpaired) electrons. The molecular formula is C13H21N3O2. The second-order valence-electron chi connectivity index (χ2n) is 4.43. The standard InChI is InChI=1S/C13H21N3O2/c1-15-4-3-5-16(2)11-9-13-12(8-10(11)14)17-6-7-18-13/h8-9,15H,3-7,14H2,1-2H3. The molecule has 5 nitrogen and oxygen atoms in total. The topological polar surface area (TPSA) is 59.8 Å². The summed E-state index contributed by atoms with van der Waals surface area (Å²) in [6.07, 6.45) is 1.07. The van der Waals surface area contributed by atoms with Gasteiger partial charge in [0.2, 0.25) is 0 Å². The summed E-state index contributed by atoms with van der Waals surface area (Å²) >= 11 is 0. The van der Waals surface area contributed by atoms with Crippen molar-refractivity contribution in [2.45, 2.75) is 6.42 Å². The Bertz CT molecular complexity index is 409. The number of hydrogen-bond donors (Lipinski definition) is 2. The number of benzene rings is 1. The first-order valence-corrected chi connectivity index (χ1v) is 6.27. The van der Waals surface area contributed by atoms with Crippen LogP contribution in [0.25, 0.3) is 0 Å². The average Bonchev–Trinajstić information content (AvgIpc) is 2.38. The quantitative estimate of drug-likeness (QED) is 0.606. The van der Waals surface area contributed by atoms with E-state index in [1.807, 2.05) is 26.2 Å². The molecular weight excluding hydrogens is 230 g/mol. The molecule has 0 amide bonds. The summed E-state index contributed by atoms with van der Waals surface area (Å²) in [4.78, 5) is 2.14. The molecule has 0 aliphatic carbocycles. The second kappa shape index (κ2) is 5.82. The zero-order chi connectivity index (χ0) is 13.0. The number of hydrogen-bond acceptors (Lipinski definition) is 5. The first-order chi connectivity index (χ1) is 8.72. The van der Waals surface area contributed by atoms with Crippen LogP contribution >= 0.6 is 0 Å². The first-order valence-electron chi connectivity index (χ1n) is 6.27. The Hall–Kier alpha value is -1.62. The molecule has 0 fully saturated rings. The molecule has 1 aromatic rings. The maximum absolute atomic E-state index is 6.06. The van der Waals surface area contributed by atoms with Gasteiger partial charge in [-0.2, -0.15) is 0 Å². The van der Waals surface area contributed by atoms with E-state index in [1.54, 1.807) is 0 Å². The number of anilines is 2. The molecule has 0 spiro atoms. The molecule has 0 saturated heterocycles. The second-order valence-corrected chi connectivity index (χ2v) is 4.43. The summed E-state index contributed by atoms with van der Waals surface area (Å²) in [5.41, 5.74) is 7.78. The molecule has 1 aliphatic heterocycles. The molecule has 1 aliphatic rings. The monoisotopic (exact) mass is 251 g/mol. The SMILES string of the molecule is CNCCCN(C)c1cc2c(cc1N)OCCO2. The summed E-state index contributed by atoms with van der Waals surface area (Å²) in [5.74, 6) is 1.53. The number of fused-ring (bicyclic) bond motifs is 1. The Morgan fingerprint density at radius 1 is 1.28 bits per heavy atom. The molecule has 18 heavy (non-hydrogen) atoms. The Morgan fingerprint density at radius 2 is 1.94 bits per heavy atom. The van der Waals surface area contributed by atoms with Crippen LogP contribution in [0.4, 0.5) is 11.4 Å². The van der Waals surface area contributed by atoms with E-state index in [0.717, 1.165) is 42.4 Å². The minimum Gasteiger partial charge on any atom is -0.486 e. The number of rotatable bonds is 5. The van der Waals surface area contributed by atoms with Gasteiger partial charge in [0, 0.05) is 25.7 Å². The normalized spacial score (nSPS) is 13.4. The number of nitrogens with zero attached hydrogens (tertiary/aromatic N) is 1. The van der Waals surface area contributed by atoms with E-state index >= 15 is 0 Å². The van der Waals surface area contributed by atoms with Crippen molar-refractivity contribution in [2.75, 3.05) is 51.0 Å². The maximum atomic E-state index is 6.06. The lowest BCUT2D eigenvalue weighted by Gasteiger charge is -2.25. The van der Waals surface area contributed by atoms with Crippen molar-refractivity contribution >= 4 is 11.4 Å². The summed E-state index contributed by atoms with van der Waals surface area (Å²) in [7, 11) is 4.00. The van der Waals surface area contributed by atoms with Gasteiger partial charge < -0.3 is 25.4 Å². The fourth-order valence-electron chi connectivity index (χ4n) is 2.04. The fraction of sp³-hybridized carbons (Fsp3) is 0.538. The van der Waals surface area contributed by atoms with E-state index in [-0.39, 0.29) is 0 Å². The maximum Gasteiger partial charge on any atom is 0.163 e. The Labute approximate surface area is 108 Å². The van der Waals surface area contributed by atoms with Crippen molar-refractivity contribution in [2.24, 2.45) is 0 Å². The average molecular weight is 251 g/mol. The van der Waals surface area contributed by atoms with Crippen LogP contribution in [-0.2, 0) is 0 Å². The Morgan fingerprint density at radius 3 is 2.61 bits per heavy atom. The van der Waals surface area contributed by atoms with Crippen molar-refractivity contribution in [3.63, 3.8) is 0 Å². The highest BCUT2D eigenvalue weighted by Gasteiger charge is 2.16. The van der Waals surface area contributed by atoms with E-state index < -0.39 is 0 Å². The van der Waals surface area contributed by atoms with E-state index in [0.29, 0.717) is 13.2 Å². The molecule has 0 saturated carbocycles. The van der Waals surface area contributed by atoms with Crippen molar-refractivity contribution in [3.8, 4) is 11.5 Å². The first kappa shape index (κ1) is 12.8. The zero-order valence-electron chi connectivity index (χ0n) is 11.0. The Balaban J connectivity index is 2.12. The van der Waals surface area contributed by atoms with Crippen LogP contribution in [0.15, 0.2) is 12.1 Å². The lowest BCUT2D eigenvalue weighted by molar-refractivity contribution is 0.172. The van der Waals surface area contributed by atoms with Gasteiger partial charge in [-0.3, -0.25) is 0 Å². The molecule has 100 valence electrons. The van der Waals surface area contributed by atoms with Gasteiger partial charge in [0.1, 0.15) is 13.2 Å². The third-order valence-corrected chi connectivity index (χ3v) is 3.02. The molecule has 0 bridgehead atoms. The minimum atomic E-state index is 0.587. The third kappa shape index (κ3) is 2.79. The Kier molecular flexibility index (Phi) is 4.15. The van der Waals surface area contributed by atoms with Gasteiger partial charge in [-0.1, -0.05) is 0 Å². The lowest BCUT2D eigenvalue weighted by atomic mass is 10.2. The van der Waals surface area contributed by atoms with Crippen LogP contribution in [0.2, 0.25) is 0 Å². The van der Waals surface area contributed by atoms with E-state index in [4.69, 9.17) is 15.2 Å². The van der Waals surface area contributed by atoms with E-state index in [1.165, 1.54) is 0 Å². The van der Waals surface area contributed by atoms with Gasteiger partial charge in [-0.15, -0.1) is 0 Å². The van der Waals surface area contributed by atoms with Crippen LogP contribution in [0.5, 0.6) is 11.5 Å². The predicted molar refractivity (Wildman–Crippen MR) is 73.7 cm³/mol. The molecule has 0 unspecified atom stereocenters. The third-order valence-electron chi connectivity index (χ3n) is 3.02. The van der Waals surface area contributed by atoms with Crippen LogP contribution in [0.1, 0.15) is 6.42 Å². The minimum absolute atomic E-state index is 0.587. The smallest absolute Gasteiger partial charge is 0.163 e. The van der Waals surface area contributed by atoms with Gasteiger partial charge >= 0.3 is 0 Å². The summed E-state index contributed by atoms with van der Waals surface area (Å²) in [5, 5.41) is 3.14. The van der Waals surface area contributed by atoms with Gasteiger partial charge in [0.15, 0.2) is 11.5 Å². The molecule has 5 heteroatoms. The predicted octanol–water partition coefficient (Wildman–Crippen LogP) is 1.09. The molecule has 0 aromatic heterocycles.